The van der Waals surface area contributed by atoms with Crippen LogP contribution in [0.2, 0.25) is 0 Å². The Kier molecular flexibility index (Phi) is 6.10. The normalized spacial score (nSPS) is 12.0. The minimum absolute atomic E-state index is 0.317. The number of phenols is 1. The summed E-state index contributed by atoms with van der Waals surface area (Å²) in [4.78, 5) is 0. The third kappa shape index (κ3) is 5.88. The van der Waals surface area contributed by atoms with Crippen LogP contribution in [-0.4, -0.2) is 24.3 Å². The number of hydrogen-bond acceptors (Lipinski definition) is 3. The summed E-state index contributed by atoms with van der Waals surface area (Å²) in [7, 11) is 0. The molecule has 0 heterocycles. The lowest BCUT2D eigenvalue weighted by Gasteiger charge is -2.14. The second-order valence-corrected chi connectivity index (χ2v) is 5.24. The van der Waals surface area contributed by atoms with E-state index in [0.717, 1.165) is 31.7 Å². The van der Waals surface area contributed by atoms with Crippen molar-refractivity contribution in [3.05, 3.63) is 60.2 Å². The molecule has 1 unspecified atom stereocenters. The predicted molar refractivity (Wildman–Crippen MR) is 85.8 cm³/mol. The van der Waals surface area contributed by atoms with E-state index < -0.39 is 0 Å². The van der Waals surface area contributed by atoms with Gasteiger partial charge in [0.25, 0.3) is 0 Å². The fourth-order valence-corrected chi connectivity index (χ4v) is 2.19. The Hall–Kier alpha value is -2.00. The van der Waals surface area contributed by atoms with E-state index in [1.54, 1.807) is 12.1 Å². The molecule has 1 atom stereocenters. The summed E-state index contributed by atoms with van der Waals surface area (Å²) in [6.45, 7) is 3.83. The van der Waals surface area contributed by atoms with Crippen LogP contribution >= 0.6 is 0 Å². The molecular weight excluding hydrogens is 262 g/mol. The van der Waals surface area contributed by atoms with Gasteiger partial charge in [-0.3, -0.25) is 0 Å². The molecule has 112 valence electrons. The molecule has 2 aromatic rings. The van der Waals surface area contributed by atoms with Crippen LogP contribution < -0.4 is 10.1 Å². The van der Waals surface area contributed by atoms with E-state index in [0.29, 0.717) is 11.8 Å². The maximum Gasteiger partial charge on any atom is 0.119 e. The van der Waals surface area contributed by atoms with E-state index in [9.17, 15) is 5.11 Å². The SMILES string of the molecule is CC(Cc1ccc(O)cc1)NCCCOc1ccccc1. The number of para-hydroxylation sites is 1. The highest BCUT2D eigenvalue weighted by Crippen LogP contribution is 2.11. The Morgan fingerprint density at radius 1 is 1.05 bits per heavy atom. The minimum Gasteiger partial charge on any atom is -0.508 e. The molecule has 2 aromatic carbocycles. The first-order chi connectivity index (χ1) is 10.2. The fourth-order valence-electron chi connectivity index (χ4n) is 2.19. The van der Waals surface area contributed by atoms with Gasteiger partial charge in [0.2, 0.25) is 0 Å². The van der Waals surface area contributed by atoms with E-state index in [1.807, 2.05) is 42.5 Å². The molecule has 2 rings (SSSR count). The first kappa shape index (κ1) is 15.4. The van der Waals surface area contributed by atoms with Gasteiger partial charge < -0.3 is 15.2 Å². The van der Waals surface area contributed by atoms with Crippen LogP contribution in [0.5, 0.6) is 11.5 Å². The average Bonchev–Trinajstić information content (AvgIpc) is 2.50. The lowest BCUT2D eigenvalue weighted by Crippen LogP contribution is -2.29. The van der Waals surface area contributed by atoms with Gasteiger partial charge in [0, 0.05) is 6.04 Å². The van der Waals surface area contributed by atoms with Gasteiger partial charge in [0.05, 0.1) is 6.61 Å². The molecule has 0 bridgehead atoms. The lowest BCUT2D eigenvalue weighted by atomic mass is 10.1. The maximum atomic E-state index is 9.26. The van der Waals surface area contributed by atoms with Gasteiger partial charge in [-0.05, 0) is 56.1 Å². The monoisotopic (exact) mass is 285 g/mol. The zero-order valence-electron chi connectivity index (χ0n) is 12.5. The number of rotatable bonds is 8. The van der Waals surface area contributed by atoms with Crippen LogP contribution in [0, 0.1) is 0 Å². The topological polar surface area (TPSA) is 41.5 Å². The van der Waals surface area contributed by atoms with Crippen molar-refractivity contribution in [1.82, 2.24) is 5.32 Å². The third-order valence-electron chi connectivity index (χ3n) is 3.30. The standard InChI is InChI=1S/C18H23NO2/c1-15(14-16-8-10-17(20)11-9-16)19-12-5-13-21-18-6-3-2-4-7-18/h2-4,6-11,15,19-20H,5,12-14H2,1H3. The van der Waals surface area contributed by atoms with Crippen LogP contribution in [0.3, 0.4) is 0 Å². The molecule has 0 saturated heterocycles. The Morgan fingerprint density at radius 2 is 1.76 bits per heavy atom. The quantitative estimate of drug-likeness (QED) is 0.731. The molecule has 0 saturated carbocycles. The molecule has 0 spiro atoms. The fraction of sp³-hybridized carbons (Fsp3) is 0.333. The van der Waals surface area contributed by atoms with Crippen LogP contribution in [-0.2, 0) is 6.42 Å². The Labute approximate surface area is 126 Å². The van der Waals surface area contributed by atoms with Crippen molar-refractivity contribution >= 4 is 0 Å². The summed E-state index contributed by atoms with van der Waals surface area (Å²) in [6, 6.07) is 17.7. The summed E-state index contributed by atoms with van der Waals surface area (Å²) >= 11 is 0. The zero-order valence-corrected chi connectivity index (χ0v) is 12.5. The first-order valence-corrected chi connectivity index (χ1v) is 7.43. The van der Waals surface area contributed by atoms with Gasteiger partial charge in [-0.2, -0.15) is 0 Å². The molecular formula is C18H23NO2. The third-order valence-corrected chi connectivity index (χ3v) is 3.30. The molecule has 0 aromatic heterocycles. The highest BCUT2D eigenvalue weighted by Gasteiger charge is 2.03. The largest absolute Gasteiger partial charge is 0.508 e. The average molecular weight is 285 g/mol. The van der Waals surface area contributed by atoms with E-state index in [2.05, 4.69) is 12.2 Å². The number of nitrogens with one attached hydrogen (secondary N) is 1. The van der Waals surface area contributed by atoms with Gasteiger partial charge in [-0.25, -0.2) is 0 Å². The van der Waals surface area contributed by atoms with Crippen LogP contribution in [0.1, 0.15) is 18.9 Å². The lowest BCUT2D eigenvalue weighted by molar-refractivity contribution is 0.305. The van der Waals surface area contributed by atoms with E-state index in [-0.39, 0.29) is 0 Å². The number of benzene rings is 2. The van der Waals surface area contributed by atoms with Crippen LogP contribution in [0.4, 0.5) is 0 Å². The van der Waals surface area contributed by atoms with Crippen molar-refractivity contribution in [1.29, 1.82) is 0 Å². The molecule has 0 aliphatic heterocycles. The maximum absolute atomic E-state index is 9.26. The number of phenolic OH excluding ortho intramolecular Hbond substituents is 1. The molecule has 0 radical (unpaired) electrons. The summed E-state index contributed by atoms with van der Waals surface area (Å²) in [5.74, 6) is 1.24. The van der Waals surface area contributed by atoms with Gasteiger partial charge in [-0.1, -0.05) is 30.3 Å². The van der Waals surface area contributed by atoms with Crippen molar-refractivity contribution in [3.63, 3.8) is 0 Å². The summed E-state index contributed by atoms with van der Waals surface area (Å²) in [6.07, 6.45) is 1.94. The molecule has 0 fully saturated rings. The number of aromatic hydroxyl groups is 1. The van der Waals surface area contributed by atoms with Gasteiger partial charge in [-0.15, -0.1) is 0 Å². The van der Waals surface area contributed by atoms with Crippen molar-refractivity contribution in [3.8, 4) is 11.5 Å². The van der Waals surface area contributed by atoms with Crippen molar-refractivity contribution in [2.75, 3.05) is 13.2 Å². The van der Waals surface area contributed by atoms with Crippen molar-refractivity contribution in [2.24, 2.45) is 0 Å². The molecule has 0 amide bonds. The Balaban J connectivity index is 1.59. The first-order valence-electron chi connectivity index (χ1n) is 7.43. The molecule has 0 aliphatic rings. The summed E-state index contributed by atoms with van der Waals surface area (Å²) in [5.41, 5.74) is 1.23. The number of ether oxygens (including phenoxy) is 1. The van der Waals surface area contributed by atoms with E-state index >= 15 is 0 Å². The molecule has 21 heavy (non-hydrogen) atoms. The number of hydrogen-bond donors (Lipinski definition) is 2. The second kappa shape index (κ2) is 8.32. The Morgan fingerprint density at radius 3 is 2.48 bits per heavy atom. The molecule has 2 N–H and O–H groups in total. The van der Waals surface area contributed by atoms with Gasteiger partial charge in [0.15, 0.2) is 0 Å². The van der Waals surface area contributed by atoms with Crippen molar-refractivity contribution in [2.45, 2.75) is 25.8 Å². The van der Waals surface area contributed by atoms with Crippen LogP contribution in [0.15, 0.2) is 54.6 Å². The van der Waals surface area contributed by atoms with E-state index in [1.165, 1.54) is 5.56 Å². The molecule has 3 heteroatoms. The molecule has 0 aliphatic carbocycles. The highest BCUT2D eigenvalue weighted by molar-refractivity contribution is 5.26. The van der Waals surface area contributed by atoms with E-state index in [4.69, 9.17) is 4.74 Å². The summed E-state index contributed by atoms with van der Waals surface area (Å²) in [5, 5.41) is 12.7. The highest BCUT2D eigenvalue weighted by atomic mass is 16.5. The smallest absolute Gasteiger partial charge is 0.119 e. The van der Waals surface area contributed by atoms with Gasteiger partial charge in [0.1, 0.15) is 11.5 Å². The zero-order chi connectivity index (χ0) is 14.9. The molecule has 3 nitrogen and oxygen atoms in total. The summed E-state index contributed by atoms with van der Waals surface area (Å²) < 4.78 is 5.65. The van der Waals surface area contributed by atoms with Gasteiger partial charge >= 0.3 is 0 Å². The van der Waals surface area contributed by atoms with Crippen LogP contribution in [0.25, 0.3) is 0 Å². The second-order valence-electron chi connectivity index (χ2n) is 5.24. The minimum atomic E-state index is 0.317. The predicted octanol–water partition coefficient (Wildman–Crippen LogP) is 3.38. The Bertz CT molecular complexity index is 511. The van der Waals surface area contributed by atoms with Crippen molar-refractivity contribution < 1.29 is 9.84 Å².